The van der Waals surface area contributed by atoms with Crippen LogP contribution in [0.2, 0.25) is 0 Å². The van der Waals surface area contributed by atoms with Crippen LogP contribution in [-0.2, 0) is 32.2 Å². The van der Waals surface area contributed by atoms with Gasteiger partial charge in [-0.05, 0) is 43.9 Å². The SMILES string of the molecule is CCc1cccc(C)c1/C(C)=N/OCc1c(C)cccc1/C(=N\OC)C(=O)OC. The van der Waals surface area contributed by atoms with Crippen molar-refractivity contribution >= 4 is 17.4 Å². The Hall–Kier alpha value is -3.15. The molecule has 0 aliphatic rings. The number of esters is 1. The van der Waals surface area contributed by atoms with Crippen molar-refractivity contribution in [2.45, 2.75) is 40.7 Å². The maximum atomic E-state index is 12.1. The van der Waals surface area contributed by atoms with Crippen LogP contribution in [0.3, 0.4) is 0 Å². The number of carbonyl (C=O) groups excluding carboxylic acids is 1. The number of rotatable bonds is 8. The number of methoxy groups -OCH3 is 1. The first-order chi connectivity index (χ1) is 13.9. The molecular weight excluding hydrogens is 368 g/mol. The molecule has 0 aliphatic heterocycles. The molecule has 0 saturated heterocycles. The average molecular weight is 396 g/mol. The lowest BCUT2D eigenvalue weighted by atomic mass is 9.97. The molecule has 154 valence electrons. The smallest absolute Gasteiger partial charge is 0.360 e. The number of aryl methyl sites for hydroxylation is 3. The van der Waals surface area contributed by atoms with E-state index in [1.807, 2.05) is 26.0 Å². The largest absolute Gasteiger partial charge is 0.464 e. The Labute approximate surface area is 172 Å². The summed E-state index contributed by atoms with van der Waals surface area (Å²) in [5.74, 6) is -0.578. The Morgan fingerprint density at radius 1 is 1.00 bits per heavy atom. The van der Waals surface area contributed by atoms with E-state index in [0.717, 1.165) is 34.4 Å². The molecular formula is C23H28N2O4. The molecule has 0 N–H and O–H groups in total. The average Bonchev–Trinajstić information content (AvgIpc) is 2.72. The molecule has 6 heteroatoms. The number of nitrogens with zero attached hydrogens (tertiary/aromatic N) is 2. The van der Waals surface area contributed by atoms with E-state index in [0.29, 0.717) is 5.56 Å². The summed E-state index contributed by atoms with van der Waals surface area (Å²) in [6.07, 6.45) is 0.918. The first-order valence-corrected chi connectivity index (χ1v) is 9.48. The Bertz CT molecular complexity index is 932. The highest BCUT2D eigenvalue weighted by Gasteiger charge is 2.20. The second-order valence-electron chi connectivity index (χ2n) is 6.63. The van der Waals surface area contributed by atoms with Gasteiger partial charge in [0.25, 0.3) is 0 Å². The Kier molecular flexibility index (Phi) is 7.95. The fraction of sp³-hybridized carbons (Fsp3) is 0.348. The highest BCUT2D eigenvalue weighted by atomic mass is 16.6. The molecule has 0 atom stereocenters. The molecule has 0 spiro atoms. The van der Waals surface area contributed by atoms with Crippen molar-refractivity contribution in [3.8, 4) is 0 Å². The molecule has 0 aliphatic carbocycles. The molecule has 0 saturated carbocycles. The van der Waals surface area contributed by atoms with Gasteiger partial charge in [0.15, 0.2) is 5.71 Å². The van der Waals surface area contributed by atoms with Gasteiger partial charge in [-0.3, -0.25) is 0 Å². The summed E-state index contributed by atoms with van der Waals surface area (Å²) in [4.78, 5) is 22.7. The van der Waals surface area contributed by atoms with Gasteiger partial charge in [0.1, 0.15) is 13.7 Å². The Morgan fingerprint density at radius 3 is 2.34 bits per heavy atom. The van der Waals surface area contributed by atoms with Gasteiger partial charge in [-0.25, -0.2) is 4.79 Å². The van der Waals surface area contributed by atoms with Crippen LogP contribution in [0.4, 0.5) is 0 Å². The van der Waals surface area contributed by atoms with Gasteiger partial charge < -0.3 is 14.4 Å². The van der Waals surface area contributed by atoms with Crippen LogP contribution in [0.25, 0.3) is 0 Å². The third-order valence-corrected chi connectivity index (χ3v) is 4.74. The number of ether oxygens (including phenoxy) is 1. The molecule has 2 aromatic rings. The van der Waals surface area contributed by atoms with E-state index in [2.05, 4.69) is 42.4 Å². The molecule has 0 heterocycles. The summed E-state index contributed by atoms with van der Waals surface area (Å²) in [5, 5.41) is 8.18. The van der Waals surface area contributed by atoms with Gasteiger partial charge in [0.2, 0.25) is 0 Å². The van der Waals surface area contributed by atoms with Crippen LogP contribution in [-0.4, -0.2) is 31.6 Å². The molecule has 0 bridgehead atoms. The molecule has 0 unspecified atom stereocenters. The monoisotopic (exact) mass is 396 g/mol. The van der Waals surface area contributed by atoms with Crippen molar-refractivity contribution in [1.29, 1.82) is 0 Å². The summed E-state index contributed by atoms with van der Waals surface area (Å²) in [6, 6.07) is 11.8. The number of hydrogen-bond donors (Lipinski definition) is 0. The minimum absolute atomic E-state index is 0.0881. The summed E-state index contributed by atoms with van der Waals surface area (Å²) in [7, 11) is 2.69. The van der Waals surface area contributed by atoms with Crippen molar-refractivity contribution in [2.75, 3.05) is 14.2 Å². The van der Waals surface area contributed by atoms with E-state index in [4.69, 9.17) is 14.4 Å². The lowest BCUT2D eigenvalue weighted by Gasteiger charge is -2.13. The maximum absolute atomic E-state index is 12.1. The normalized spacial score (nSPS) is 11.9. The first-order valence-electron chi connectivity index (χ1n) is 9.48. The summed E-state index contributed by atoms with van der Waals surface area (Å²) >= 11 is 0. The molecule has 29 heavy (non-hydrogen) atoms. The second kappa shape index (κ2) is 10.4. The Morgan fingerprint density at radius 2 is 1.69 bits per heavy atom. The van der Waals surface area contributed by atoms with E-state index in [1.165, 1.54) is 19.8 Å². The second-order valence-corrected chi connectivity index (χ2v) is 6.63. The van der Waals surface area contributed by atoms with Gasteiger partial charge in [-0.1, -0.05) is 53.6 Å². The van der Waals surface area contributed by atoms with Crippen molar-refractivity contribution in [3.63, 3.8) is 0 Å². The standard InChI is InChI=1S/C23H28N2O4/c1-7-18-12-8-11-16(3)21(18)17(4)24-29-14-20-15(2)10-9-13-19(20)22(25-28-6)23(26)27-5/h8-13H,7,14H2,1-6H3/b24-17+,25-22+. The van der Waals surface area contributed by atoms with E-state index < -0.39 is 5.97 Å². The van der Waals surface area contributed by atoms with E-state index in [9.17, 15) is 4.79 Å². The lowest BCUT2D eigenvalue weighted by molar-refractivity contribution is -0.132. The molecule has 6 nitrogen and oxygen atoms in total. The highest BCUT2D eigenvalue weighted by Crippen LogP contribution is 2.19. The van der Waals surface area contributed by atoms with Crippen LogP contribution in [0, 0.1) is 13.8 Å². The minimum atomic E-state index is -0.578. The molecule has 0 amide bonds. The number of hydrogen-bond acceptors (Lipinski definition) is 6. The van der Waals surface area contributed by atoms with Crippen LogP contribution in [0.5, 0.6) is 0 Å². The van der Waals surface area contributed by atoms with Gasteiger partial charge in [-0.2, -0.15) is 0 Å². The van der Waals surface area contributed by atoms with Gasteiger partial charge in [0.05, 0.1) is 12.8 Å². The zero-order valence-electron chi connectivity index (χ0n) is 17.9. The first kappa shape index (κ1) is 22.1. The zero-order chi connectivity index (χ0) is 21.4. The predicted octanol–water partition coefficient (Wildman–Crippen LogP) is 4.33. The molecule has 0 aromatic heterocycles. The fourth-order valence-corrected chi connectivity index (χ4v) is 3.28. The van der Waals surface area contributed by atoms with Crippen LogP contribution < -0.4 is 0 Å². The number of benzene rings is 2. The van der Waals surface area contributed by atoms with Crippen LogP contribution >= 0.6 is 0 Å². The zero-order valence-corrected chi connectivity index (χ0v) is 17.9. The van der Waals surface area contributed by atoms with Gasteiger partial charge in [0, 0.05) is 16.7 Å². The third kappa shape index (κ3) is 5.22. The lowest BCUT2D eigenvalue weighted by Crippen LogP contribution is -2.20. The fourth-order valence-electron chi connectivity index (χ4n) is 3.28. The molecule has 2 rings (SSSR count). The van der Waals surface area contributed by atoms with E-state index in [1.54, 1.807) is 6.07 Å². The summed E-state index contributed by atoms with van der Waals surface area (Å²) < 4.78 is 4.84. The van der Waals surface area contributed by atoms with Crippen LogP contribution in [0.1, 0.15) is 47.2 Å². The predicted molar refractivity (Wildman–Crippen MR) is 114 cm³/mol. The highest BCUT2D eigenvalue weighted by molar-refractivity contribution is 6.43. The molecule has 2 aromatic carbocycles. The minimum Gasteiger partial charge on any atom is -0.464 e. The van der Waals surface area contributed by atoms with Crippen molar-refractivity contribution in [3.05, 3.63) is 69.8 Å². The Balaban J connectivity index is 2.33. The van der Waals surface area contributed by atoms with E-state index >= 15 is 0 Å². The summed E-state index contributed by atoms with van der Waals surface area (Å²) in [5.41, 5.74) is 6.74. The van der Waals surface area contributed by atoms with Gasteiger partial charge in [-0.15, -0.1) is 0 Å². The number of oxime groups is 2. The topological polar surface area (TPSA) is 69.5 Å². The third-order valence-electron chi connectivity index (χ3n) is 4.74. The van der Waals surface area contributed by atoms with Crippen molar-refractivity contribution in [2.24, 2.45) is 10.3 Å². The quantitative estimate of drug-likeness (QED) is 0.378. The van der Waals surface area contributed by atoms with Gasteiger partial charge >= 0.3 is 5.97 Å². The van der Waals surface area contributed by atoms with Crippen LogP contribution in [0.15, 0.2) is 46.7 Å². The number of carbonyl (C=O) groups is 1. The molecule has 0 radical (unpaired) electrons. The summed E-state index contributed by atoms with van der Waals surface area (Å²) in [6.45, 7) is 8.25. The van der Waals surface area contributed by atoms with Crippen molar-refractivity contribution in [1.82, 2.24) is 0 Å². The maximum Gasteiger partial charge on any atom is 0.360 e. The van der Waals surface area contributed by atoms with Crippen molar-refractivity contribution < 1.29 is 19.2 Å². The van der Waals surface area contributed by atoms with E-state index in [-0.39, 0.29) is 12.3 Å². The molecule has 0 fully saturated rings.